The molecule has 0 aromatic heterocycles. The molecule has 2 unspecified atom stereocenters. The minimum atomic E-state index is -1.77. The van der Waals surface area contributed by atoms with E-state index in [9.17, 15) is 0 Å². The third kappa shape index (κ3) is 4.08. The van der Waals surface area contributed by atoms with Gasteiger partial charge in [-0.2, -0.15) is 0 Å². The minimum absolute atomic E-state index is 0.0104. The van der Waals surface area contributed by atoms with Gasteiger partial charge in [0.2, 0.25) is 0 Å². The first-order chi connectivity index (χ1) is 17.5. The fraction of sp³-hybridized carbons (Fsp3) is 0.212. The van der Waals surface area contributed by atoms with Gasteiger partial charge in [0.15, 0.2) is 8.96 Å². The highest BCUT2D eigenvalue weighted by molar-refractivity contribution is 6.78. The Morgan fingerprint density at radius 1 is 0.694 bits per heavy atom. The Bertz CT molecular complexity index is 1360. The van der Waals surface area contributed by atoms with Gasteiger partial charge < -0.3 is 9.47 Å². The molecular formula is C33H34N2Si. The third-order valence-corrected chi connectivity index (χ3v) is 11.6. The fourth-order valence-corrected chi connectivity index (χ4v) is 10.1. The van der Waals surface area contributed by atoms with E-state index in [1.165, 1.54) is 38.8 Å². The molecule has 0 N–H and O–H groups in total. The highest BCUT2D eigenvalue weighted by Crippen LogP contribution is 2.43. The molecule has 0 saturated carbocycles. The Morgan fingerprint density at radius 2 is 1.25 bits per heavy atom. The second kappa shape index (κ2) is 9.14. The molecule has 0 radical (unpaired) electrons. The van der Waals surface area contributed by atoms with Crippen LogP contribution in [0.25, 0.3) is 5.70 Å². The third-order valence-electron chi connectivity index (χ3n) is 7.63. The van der Waals surface area contributed by atoms with E-state index < -0.39 is 8.96 Å². The van der Waals surface area contributed by atoms with E-state index in [1.807, 2.05) is 0 Å². The number of nitrogens with zero attached hydrogens (tertiary/aromatic N) is 2. The fourth-order valence-electron chi connectivity index (χ4n) is 6.13. The number of para-hydroxylation sites is 1. The number of rotatable bonds is 5. The van der Waals surface area contributed by atoms with Crippen LogP contribution in [0, 0.1) is 0 Å². The van der Waals surface area contributed by atoms with Crippen molar-refractivity contribution in [3.05, 3.63) is 138 Å². The summed E-state index contributed by atoms with van der Waals surface area (Å²) in [6, 6.07) is 40.4. The largest absolute Gasteiger partial charge is 0.391 e. The van der Waals surface area contributed by atoms with E-state index in [0.29, 0.717) is 5.54 Å². The molecule has 0 saturated heterocycles. The van der Waals surface area contributed by atoms with Crippen molar-refractivity contribution in [3.63, 3.8) is 0 Å². The Balaban J connectivity index is 1.50. The molecule has 180 valence electrons. The Hall–Kier alpha value is -3.56. The molecule has 1 aliphatic carbocycles. The van der Waals surface area contributed by atoms with E-state index in [-0.39, 0.29) is 5.54 Å². The van der Waals surface area contributed by atoms with Crippen LogP contribution in [-0.2, 0) is 13.1 Å². The zero-order valence-electron chi connectivity index (χ0n) is 21.4. The van der Waals surface area contributed by atoms with E-state index in [1.54, 1.807) is 0 Å². The molecule has 36 heavy (non-hydrogen) atoms. The van der Waals surface area contributed by atoms with Gasteiger partial charge in [0.05, 0.1) is 0 Å². The normalized spacial score (nSPS) is 17.4. The van der Waals surface area contributed by atoms with Gasteiger partial charge in [-0.3, -0.25) is 0 Å². The Labute approximate surface area is 217 Å². The van der Waals surface area contributed by atoms with Crippen molar-refractivity contribution in [3.8, 4) is 0 Å². The molecule has 4 aromatic carbocycles. The van der Waals surface area contributed by atoms with Crippen molar-refractivity contribution in [2.75, 3.05) is 4.57 Å². The minimum Gasteiger partial charge on any atom is -0.391 e. The number of hydrogen-bond acceptors (Lipinski definition) is 2. The standard InChI is InChI=1S/C33H34N2Si/c1-33(2,3)35(27-16-6-4-7-17-27)36(28-18-8-5-9-19-28)32-22-31(29-20-12-13-21-30(29)32)34-23-25-14-10-11-15-26(25)24-34/h4-22,32,36H,23-24H2,1-3H3. The molecule has 3 heteroatoms. The zero-order valence-corrected chi connectivity index (χ0v) is 22.6. The maximum Gasteiger partial charge on any atom is 0.183 e. The van der Waals surface area contributed by atoms with Crippen molar-refractivity contribution >= 4 is 25.5 Å². The first-order valence-electron chi connectivity index (χ1n) is 13.0. The summed E-state index contributed by atoms with van der Waals surface area (Å²) in [6.07, 6.45) is 2.61. The molecule has 1 aliphatic heterocycles. The molecule has 6 rings (SSSR count). The lowest BCUT2D eigenvalue weighted by Crippen LogP contribution is -2.59. The number of hydrogen-bond donors (Lipinski definition) is 0. The first-order valence-corrected chi connectivity index (χ1v) is 14.8. The van der Waals surface area contributed by atoms with Crippen molar-refractivity contribution in [1.29, 1.82) is 0 Å². The molecule has 0 spiro atoms. The van der Waals surface area contributed by atoms with Crippen molar-refractivity contribution in [2.45, 2.75) is 44.9 Å². The van der Waals surface area contributed by atoms with Gasteiger partial charge in [0, 0.05) is 41.1 Å². The van der Waals surface area contributed by atoms with Gasteiger partial charge >= 0.3 is 0 Å². The van der Waals surface area contributed by atoms with E-state index >= 15 is 0 Å². The first kappa shape index (κ1) is 22.9. The van der Waals surface area contributed by atoms with E-state index in [0.717, 1.165) is 13.1 Å². The lowest BCUT2D eigenvalue weighted by Gasteiger charge is -2.46. The number of fused-ring (bicyclic) bond motifs is 2. The Morgan fingerprint density at radius 3 is 1.89 bits per heavy atom. The molecule has 0 amide bonds. The molecule has 2 atom stereocenters. The van der Waals surface area contributed by atoms with Gasteiger partial charge in [-0.15, -0.1) is 0 Å². The van der Waals surface area contributed by atoms with Gasteiger partial charge in [-0.05, 0) is 54.8 Å². The summed E-state index contributed by atoms with van der Waals surface area (Å²) in [6.45, 7) is 9.08. The number of allylic oxidation sites excluding steroid dienone is 1. The SMILES string of the molecule is CC(C)(C)N(c1ccccc1)[SiH](c1ccccc1)C1C=C(N2Cc3ccccc3C2)c2ccccc21. The predicted octanol–water partition coefficient (Wildman–Crippen LogP) is 6.62. The van der Waals surface area contributed by atoms with Crippen LogP contribution in [0.5, 0.6) is 0 Å². The molecule has 0 fully saturated rings. The monoisotopic (exact) mass is 486 g/mol. The van der Waals surface area contributed by atoms with Crippen LogP contribution >= 0.6 is 0 Å². The lowest BCUT2D eigenvalue weighted by atomic mass is 10.1. The average molecular weight is 487 g/mol. The number of benzene rings is 4. The second-order valence-corrected chi connectivity index (χ2v) is 13.8. The van der Waals surface area contributed by atoms with Crippen LogP contribution in [0.2, 0.25) is 0 Å². The van der Waals surface area contributed by atoms with Crippen LogP contribution in [-0.4, -0.2) is 19.4 Å². The van der Waals surface area contributed by atoms with Gasteiger partial charge in [-0.25, -0.2) is 0 Å². The van der Waals surface area contributed by atoms with Crippen molar-refractivity contribution in [1.82, 2.24) is 4.90 Å². The van der Waals surface area contributed by atoms with Gasteiger partial charge in [0.25, 0.3) is 0 Å². The summed E-state index contributed by atoms with van der Waals surface area (Å²) < 4.78 is 2.77. The number of anilines is 1. The van der Waals surface area contributed by atoms with Crippen LogP contribution in [0.1, 0.15) is 48.6 Å². The molecule has 1 heterocycles. The highest BCUT2D eigenvalue weighted by atomic mass is 28.3. The molecule has 4 aromatic rings. The summed E-state index contributed by atoms with van der Waals surface area (Å²) in [5.41, 5.74) is 8.89. The highest BCUT2D eigenvalue weighted by Gasteiger charge is 2.41. The van der Waals surface area contributed by atoms with Gasteiger partial charge in [0.1, 0.15) is 0 Å². The van der Waals surface area contributed by atoms with Crippen LogP contribution in [0.3, 0.4) is 0 Å². The summed E-state index contributed by atoms with van der Waals surface area (Å²) >= 11 is 0. The second-order valence-electron chi connectivity index (χ2n) is 11.0. The molecular weight excluding hydrogens is 452 g/mol. The predicted molar refractivity (Wildman–Crippen MR) is 155 cm³/mol. The lowest BCUT2D eigenvalue weighted by molar-refractivity contribution is 0.423. The quantitative estimate of drug-likeness (QED) is 0.293. The topological polar surface area (TPSA) is 6.48 Å². The molecule has 2 aliphatic rings. The maximum atomic E-state index is 2.77. The van der Waals surface area contributed by atoms with Crippen molar-refractivity contribution in [2.24, 2.45) is 0 Å². The molecule has 2 nitrogen and oxygen atoms in total. The molecule has 0 bridgehead atoms. The van der Waals surface area contributed by atoms with Crippen LogP contribution in [0.4, 0.5) is 5.69 Å². The smallest absolute Gasteiger partial charge is 0.183 e. The summed E-state index contributed by atoms with van der Waals surface area (Å²) in [7, 11) is -1.77. The van der Waals surface area contributed by atoms with Crippen LogP contribution in [0.15, 0.2) is 115 Å². The van der Waals surface area contributed by atoms with Crippen molar-refractivity contribution < 1.29 is 0 Å². The zero-order chi connectivity index (χ0) is 24.7. The van der Waals surface area contributed by atoms with Crippen LogP contribution < -0.4 is 9.75 Å². The summed E-state index contributed by atoms with van der Waals surface area (Å²) in [5, 5.41) is 1.48. The summed E-state index contributed by atoms with van der Waals surface area (Å²) in [4.78, 5) is 2.59. The van der Waals surface area contributed by atoms with E-state index in [4.69, 9.17) is 0 Å². The van der Waals surface area contributed by atoms with E-state index in [2.05, 4.69) is 146 Å². The average Bonchev–Trinajstić information content (AvgIpc) is 3.49. The van der Waals surface area contributed by atoms with Gasteiger partial charge in [-0.1, -0.05) is 103 Å². The Kier molecular flexibility index (Phi) is 5.81. The maximum absolute atomic E-state index is 2.77. The summed E-state index contributed by atoms with van der Waals surface area (Å²) in [5.74, 6) is 0.